The van der Waals surface area contributed by atoms with Crippen molar-refractivity contribution in [3.63, 3.8) is 0 Å². The van der Waals surface area contributed by atoms with Gasteiger partial charge in [0.25, 0.3) is 0 Å². The average molecular weight is 239 g/mol. The van der Waals surface area contributed by atoms with E-state index < -0.39 is 11.9 Å². The molecule has 92 valence electrons. The van der Waals surface area contributed by atoms with Crippen LogP contribution in [0, 0.1) is 6.92 Å². The highest BCUT2D eigenvalue weighted by Crippen LogP contribution is 2.32. The van der Waals surface area contributed by atoms with E-state index in [1.807, 2.05) is 0 Å². The number of aryl methyl sites for hydroxylation is 1. The van der Waals surface area contributed by atoms with E-state index in [9.17, 15) is 9.59 Å². The first kappa shape index (κ1) is 12.8. The van der Waals surface area contributed by atoms with Crippen molar-refractivity contribution < 1.29 is 24.2 Å². The number of amides is 1. The number of methoxy groups -OCH3 is 2. The third-order valence-electron chi connectivity index (χ3n) is 2.17. The first-order chi connectivity index (χ1) is 7.99. The molecule has 0 aliphatic carbocycles. The molecule has 0 heterocycles. The van der Waals surface area contributed by atoms with E-state index in [0.717, 1.165) is 0 Å². The zero-order valence-electron chi connectivity index (χ0n) is 9.73. The number of anilines is 1. The van der Waals surface area contributed by atoms with E-state index in [2.05, 4.69) is 5.32 Å². The molecular weight excluding hydrogens is 226 g/mol. The highest BCUT2D eigenvalue weighted by Gasteiger charge is 2.15. The maximum Gasteiger partial charge on any atom is 0.394 e. The molecule has 1 amide bonds. The van der Waals surface area contributed by atoms with E-state index in [1.54, 1.807) is 13.0 Å². The predicted octanol–water partition coefficient (Wildman–Crippen LogP) is 1.04. The van der Waals surface area contributed by atoms with E-state index in [1.165, 1.54) is 20.3 Å². The van der Waals surface area contributed by atoms with Gasteiger partial charge in [0.2, 0.25) is 0 Å². The van der Waals surface area contributed by atoms with Crippen LogP contribution in [-0.4, -0.2) is 31.2 Å². The predicted molar refractivity (Wildman–Crippen MR) is 60.5 cm³/mol. The van der Waals surface area contributed by atoms with Crippen molar-refractivity contribution in [2.45, 2.75) is 6.92 Å². The number of carbonyl (C=O) groups is 2. The molecule has 1 aromatic rings. The second-order valence-corrected chi connectivity index (χ2v) is 3.28. The molecule has 0 unspecified atom stereocenters. The SMILES string of the molecule is COc1cc(C)c(NC(=O)C(=O)O)cc1OC. The lowest BCUT2D eigenvalue weighted by atomic mass is 10.1. The lowest BCUT2D eigenvalue weighted by molar-refractivity contribution is -0.147. The fraction of sp³-hybridized carbons (Fsp3) is 0.273. The molecular formula is C11H13NO5. The van der Waals surface area contributed by atoms with Gasteiger partial charge >= 0.3 is 11.9 Å². The minimum Gasteiger partial charge on any atom is -0.493 e. The number of ether oxygens (including phenoxy) is 2. The second kappa shape index (κ2) is 5.20. The zero-order valence-corrected chi connectivity index (χ0v) is 9.73. The van der Waals surface area contributed by atoms with Crippen LogP contribution in [0.25, 0.3) is 0 Å². The molecule has 0 fully saturated rings. The number of carboxylic acids is 1. The van der Waals surface area contributed by atoms with Crippen LogP contribution in [-0.2, 0) is 9.59 Å². The first-order valence-corrected chi connectivity index (χ1v) is 4.76. The Morgan fingerprint density at radius 3 is 2.18 bits per heavy atom. The summed E-state index contributed by atoms with van der Waals surface area (Å²) < 4.78 is 10.1. The Hall–Kier alpha value is -2.24. The van der Waals surface area contributed by atoms with Gasteiger partial charge in [-0.3, -0.25) is 4.79 Å². The molecule has 1 aromatic carbocycles. The molecule has 0 aliphatic rings. The molecule has 1 rings (SSSR count). The fourth-order valence-corrected chi connectivity index (χ4v) is 1.29. The van der Waals surface area contributed by atoms with Gasteiger partial charge in [-0.05, 0) is 18.6 Å². The van der Waals surface area contributed by atoms with Crippen molar-refractivity contribution in [3.05, 3.63) is 17.7 Å². The van der Waals surface area contributed by atoms with Gasteiger partial charge in [0.05, 0.1) is 14.2 Å². The van der Waals surface area contributed by atoms with Crippen molar-refractivity contribution in [1.82, 2.24) is 0 Å². The summed E-state index contributed by atoms with van der Waals surface area (Å²) in [6.07, 6.45) is 0. The van der Waals surface area contributed by atoms with Crippen LogP contribution in [0.1, 0.15) is 5.56 Å². The number of carbonyl (C=O) groups excluding carboxylic acids is 1. The maximum atomic E-state index is 11.0. The number of nitrogens with one attached hydrogen (secondary N) is 1. The number of hydrogen-bond acceptors (Lipinski definition) is 4. The summed E-state index contributed by atoms with van der Waals surface area (Å²) in [4.78, 5) is 21.5. The van der Waals surface area contributed by atoms with Crippen LogP contribution >= 0.6 is 0 Å². The fourth-order valence-electron chi connectivity index (χ4n) is 1.29. The van der Waals surface area contributed by atoms with Crippen LogP contribution in [0.2, 0.25) is 0 Å². The lowest BCUT2D eigenvalue weighted by Crippen LogP contribution is -2.22. The molecule has 6 nitrogen and oxygen atoms in total. The van der Waals surface area contributed by atoms with E-state index in [4.69, 9.17) is 14.6 Å². The lowest BCUT2D eigenvalue weighted by Gasteiger charge is -2.12. The number of rotatable bonds is 3. The molecule has 2 N–H and O–H groups in total. The standard InChI is InChI=1S/C11H13NO5/c1-6-4-8(16-2)9(17-3)5-7(6)12-10(13)11(14)15/h4-5H,1-3H3,(H,12,13)(H,14,15). The third kappa shape index (κ3) is 2.87. The molecule has 0 spiro atoms. The van der Waals surface area contributed by atoms with Crippen molar-refractivity contribution >= 4 is 17.6 Å². The summed E-state index contributed by atoms with van der Waals surface area (Å²) >= 11 is 0. The largest absolute Gasteiger partial charge is 0.493 e. The Morgan fingerprint density at radius 2 is 1.71 bits per heavy atom. The quantitative estimate of drug-likeness (QED) is 0.770. The summed E-state index contributed by atoms with van der Waals surface area (Å²) in [7, 11) is 2.95. The minimum absolute atomic E-state index is 0.370. The number of benzene rings is 1. The van der Waals surface area contributed by atoms with E-state index in [-0.39, 0.29) is 0 Å². The Morgan fingerprint density at radius 1 is 1.18 bits per heavy atom. The molecule has 0 bridgehead atoms. The average Bonchev–Trinajstić information content (AvgIpc) is 2.30. The molecule has 0 aromatic heterocycles. The summed E-state index contributed by atoms with van der Waals surface area (Å²) in [6, 6.07) is 3.16. The molecule has 17 heavy (non-hydrogen) atoms. The van der Waals surface area contributed by atoms with Crippen LogP contribution in [0.5, 0.6) is 11.5 Å². The van der Waals surface area contributed by atoms with Crippen molar-refractivity contribution in [2.75, 3.05) is 19.5 Å². The smallest absolute Gasteiger partial charge is 0.394 e. The van der Waals surface area contributed by atoms with Gasteiger partial charge in [-0.25, -0.2) is 4.79 Å². The molecule has 0 saturated heterocycles. The Bertz CT molecular complexity index is 455. The second-order valence-electron chi connectivity index (χ2n) is 3.28. The normalized spacial score (nSPS) is 9.59. The summed E-state index contributed by atoms with van der Waals surface area (Å²) in [6.45, 7) is 1.72. The van der Waals surface area contributed by atoms with E-state index >= 15 is 0 Å². The zero-order chi connectivity index (χ0) is 13.0. The van der Waals surface area contributed by atoms with Crippen molar-refractivity contribution in [1.29, 1.82) is 0 Å². The Kier molecular flexibility index (Phi) is 3.92. The molecule has 0 saturated carbocycles. The van der Waals surface area contributed by atoms with Gasteiger partial charge in [0, 0.05) is 11.8 Å². The highest BCUT2D eigenvalue weighted by molar-refractivity contribution is 6.36. The molecule has 6 heteroatoms. The van der Waals surface area contributed by atoms with Crippen LogP contribution in [0.15, 0.2) is 12.1 Å². The van der Waals surface area contributed by atoms with Crippen molar-refractivity contribution in [3.8, 4) is 11.5 Å². The topological polar surface area (TPSA) is 84.9 Å². The third-order valence-corrected chi connectivity index (χ3v) is 2.17. The summed E-state index contributed by atoms with van der Waals surface area (Å²) in [5, 5.41) is 10.8. The van der Waals surface area contributed by atoms with Crippen molar-refractivity contribution in [2.24, 2.45) is 0 Å². The van der Waals surface area contributed by atoms with Crippen LogP contribution in [0.4, 0.5) is 5.69 Å². The minimum atomic E-state index is -1.54. The molecule has 0 aliphatic heterocycles. The maximum absolute atomic E-state index is 11.0. The Labute approximate surface area is 98.2 Å². The number of carboxylic acid groups (broad SMARTS) is 1. The number of hydrogen-bond donors (Lipinski definition) is 2. The summed E-state index contributed by atoms with van der Waals surface area (Å²) in [5.41, 5.74) is 1.05. The number of aliphatic carboxylic acids is 1. The molecule has 0 radical (unpaired) electrons. The first-order valence-electron chi connectivity index (χ1n) is 4.76. The van der Waals surface area contributed by atoms with Crippen LogP contribution in [0.3, 0.4) is 0 Å². The Balaban J connectivity index is 3.08. The van der Waals surface area contributed by atoms with Gasteiger partial charge in [-0.15, -0.1) is 0 Å². The van der Waals surface area contributed by atoms with Crippen LogP contribution < -0.4 is 14.8 Å². The molecule has 0 atom stereocenters. The van der Waals surface area contributed by atoms with Gasteiger partial charge in [0.1, 0.15) is 0 Å². The monoisotopic (exact) mass is 239 g/mol. The van der Waals surface area contributed by atoms with Gasteiger partial charge in [0.15, 0.2) is 11.5 Å². The summed E-state index contributed by atoms with van der Waals surface area (Å²) in [5.74, 6) is -1.71. The van der Waals surface area contributed by atoms with Gasteiger partial charge < -0.3 is 19.9 Å². The van der Waals surface area contributed by atoms with Gasteiger partial charge in [-0.1, -0.05) is 0 Å². The van der Waals surface area contributed by atoms with Gasteiger partial charge in [-0.2, -0.15) is 0 Å². The highest BCUT2D eigenvalue weighted by atomic mass is 16.5. The van der Waals surface area contributed by atoms with E-state index in [0.29, 0.717) is 22.7 Å².